The van der Waals surface area contributed by atoms with Crippen LogP contribution in [0.15, 0.2) is 89.3 Å². The van der Waals surface area contributed by atoms with Gasteiger partial charge in [-0.25, -0.2) is 4.98 Å². The first-order chi connectivity index (χ1) is 14.7. The number of carboxylic acid groups (broad SMARTS) is 1. The Kier molecular flexibility index (Phi) is 7.84. The van der Waals surface area contributed by atoms with Crippen LogP contribution in [0.25, 0.3) is 34.7 Å². The Hall–Kier alpha value is -3.12. The van der Waals surface area contributed by atoms with Gasteiger partial charge >= 0.3 is 29.6 Å². The number of hydrogen-bond acceptors (Lipinski definition) is 5. The van der Waals surface area contributed by atoms with Gasteiger partial charge in [-0.2, -0.15) is 0 Å². The van der Waals surface area contributed by atoms with Crippen LogP contribution in [0.5, 0.6) is 5.75 Å². The number of aliphatic carboxylic acids is 1. The maximum absolute atomic E-state index is 10.6. The number of rotatable bonds is 7. The Morgan fingerprint density at radius 1 is 0.903 bits per heavy atom. The molecule has 0 N–H and O–H groups in total. The van der Waals surface area contributed by atoms with Gasteiger partial charge in [-0.1, -0.05) is 72.8 Å². The SMILES string of the molecule is O=C([O-])COc1cccc(/C=C\c2nc(-c3ccccc3)c(-c3ccccc3)o2)c1.[Na+]. The Balaban J connectivity index is 0.00000272. The summed E-state index contributed by atoms with van der Waals surface area (Å²) < 4.78 is 11.2. The van der Waals surface area contributed by atoms with E-state index in [0.717, 1.165) is 22.4 Å². The summed E-state index contributed by atoms with van der Waals surface area (Å²) in [5.41, 5.74) is 3.51. The van der Waals surface area contributed by atoms with E-state index in [2.05, 4.69) is 4.98 Å². The molecule has 0 spiro atoms. The Morgan fingerprint density at radius 2 is 1.58 bits per heavy atom. The second-order valence-corrected chi connectivity index (χ2v) is 6.53. The Morgan fingerprint density at radius 3 is 2.26 bits per heavy atom. The number of carbonyl (C=O) groups is 1. The van der Waals surface area contributed by atoms with Crippen LogP contribution in [0.4, 0.5) is 0 Å². The van der Waals surface area contributed by atoms with Gasteiger partial charge in [0.1, 0.15) is 18.1 Å². The van der Waals surface area contributed by atoms with Crippen LogP contribution in [0, 0.1) is 0 Å². The normalized spacial score (nSPS) is 10.6. The Labute approximate surface area is 202 Å². The Bertz CT molecular complexity index is 1110. The average molecular weight is 419 g/mol. The van der Waals surface area contributed by atoms with E-state index < -0.39 is 12.6 Å². The molecule has 0 amide bonds. The molecule has 0 aliphatic heterocycles. The van der Waals surface area contributed by atoms with Crippen molar-refractivity contribution >= 4 is 18.1 Å². The van der Waals surface area contributed by atoms with E-state index in [1.165, 1.54) is 0 Å². The van der Waals surface area contributed by atoms with Crippen LogP contribution in [-0.4, -0.2) is 17.6 Å². The second-order valence-electron chi connectivity index (χ2n) is 6.53. The van der Waals surface area contributed by atoms with Gasteiger partial charge in [0.2, 0.25) is 5.89 Å². The smallest absolute Gasteiger partial charge is 0.546 e. The first kappa shape index (κ1) is 22.6. The van der Waals surface area contributed by atoms with Crippen LogP contribution in [0.1, 0.15) is 11.5 Å². The monoisotopic (exact) mass is 419 g/mol. The fourth-order valence-electron chi connectivity index (χ4n) is 3.00. The second kappa shape index (κ2) is 10.8. The third-order valence-corrected chi connectivity index (χ3v) is 4.36. The molecule has 5 nitrogen and oxygen atoms in total. The van der Waals surface area contributed by atoms with Gasteiger partial charge in [0.05, 0.1) is 5.97 Å². The number of aromatic nitrogens is 1. The number of ether oxygens (including phenoxy) is 1. The molecule has 1 aromatic heterocycles. The summed E-state index contributed by atoms with van der Waals surface area (Å²) in [5, 5.41) is 10.6. The van der Waals surface area contributed by atoms with Crippen LogP contribution >= 0.6 is 0 Å². The van der Waals surface area contributed by atoms with Crippen molar-refractivity contribution in [3.8, 4) is 28.3 Å². The number of carbonyl (C=O) groups excluding carboxylic acids is 1. The molecular formula is C25H18NNaO4. The summed E-state index contributed by atoms with van der Waals surface area (Å²) in [5.74, 6) is 0.350. The van der Waals surface area contributed by atoms with Gasteiger partial charge in [-0.3, -0.25) is 0 Å². The average Bonchev–Trinajstić information content (AvgIpc) is 3.22. The molecule has 0 radical (unpaired) electrons. The molecule has 0 saturated carbocycles. The molecule has 0 aliphatic rings. The molecule has 31 heavy (non-hydrogen) atoms. The van der Waals surface area contributed by atoms with E-state index in [9.17, 15) is 9.90 Å². The molecule has 148 valence electrons. The number of carboxylic acids is 1. The maximum Gasteiger partial charge on any atom is 1.00 e. The van der Waals surface area contributed by atoms with E-state index in [4.69, 9.17) is 9.15 Å². The van der Waals surface area contributed by atoms with Crippen molar-refractivity contribution in [3.05, 3.63) is 96.4 Å². The van der Waals surface area contributed by atoms with Crippen molar-refractivity contribution in [2.75, 3.05) is 6.61 Å². The van der Waals surface area contributed by atoms with Crippen LogP contribution in [0.2, 0.25) is 0 Å². The van der Waals surface area contributed by atoms with Crippen LogP contribution < -0.4 is 39.4 Å². The molecular weight excluding hydrogens is 401 g/mol. The fraction of sp³-hybridized carbons (Fsp3) is 0.0400. The van der Waals surface area contributed by atoms with Gasteiger partial charge in [0.15, 0.2) is 5.76 Å². The summed E-state index contributed by atoms with van der Waals surface area (Å²) in [4.78, 5) is 15.2. The zero-order chi connectivity index (χ0) is 20.8. The third kappa shape index (κ3) is 5.95. The molecule has 6 heteroatoms. The molecule has 1 heterocycles. The largest absolute Gasteiger partial charge is 1.00 e. The van der Waals surface area contributed by atoms with Crippen molar-refractivity contribution < 1.29 is 48.6 Å². The predicted molar refractivity (Wildman–Crippen MR) is 113 cm³/mol. The molecule has 0 fully saturated rings. The van der Waals surface area contributed by atoms with E-state index in [0.29, 0.717) is 17.4 Å². The van der Waals surface area contributed by atoms with Gasteiger partial charge < -0.3 is 19.1 Å². The standard InChI is InChI=1S/C25H19NO4.Na/c27-23(28)17-29-21-13-7-8-18(16-21)14-15-22-26-24(19-9-3-1-4-10-19)25(30-22)20-11-5-2-6-12-20;/h1-16H,17H2,(H,27,28);/q;+1/p-1/b15-14-;. The quantitative estimate of drug-likeness (QED) is 0.423. The summed E-state index contributed by atoms with van der Waals surface area (Å²) in [7, 11) is 0. The van der Waals surface area contributed by atoms with Gasteiger partial charge in [0, 0.05) is 17.2 Å². The van der Waals surface area contributed by atoms with Crippen LogP contribution in [-0.2, 0) is 4.79 Å². The zero-order valence-corrected chi connectivity index (χ0v) is 19.0. The number of hydrogen-bond donors (Lipinski definition) is 0. The van der Waals surface area contributed by atoms with E-state index in [-0.39, 0.29) is 29.6 Å². The molecule has 0 aliphatic carbocycles. The van der Waals surface area contributed by atoms with Crippen molar-refractivity contribution in [1.29, 1.82) is 0 Å². The van der Waals surface area contributed by atoms with E-state index >= 15 is 0 Å². The molecule has 3 aromatic carbocycles. The van der Waals surface area contributed by atoms with Gasteiger partial charge in [-0.05, 0) is 23.8 Å². The van der Waals surface area contributed by atoms with E-state index in [1.807, 2.05) is 72.8 Å². The van der Waals surface area contributed by atoms with E-state index in [1.54, 1.807) is 24.3 Å². The number of nitrogens with zero attached hydrogens (tertiary/aromatic N) is 1. The van der Waals surface area contributed by atoms with Crippen molar-refractivity contribution in [3.63, 3.8) is 0 Å². The zero-order valence-electron chi connectivity index (χ0n) is 17.0. The van der Waals surface area contributed by atoms with Crippen molar-refractivity contribution in [2.45, 2.75) is 0 Å². The molecule has 0 bridgehead atoms. The summed E-state index contributed by atoms with van der Waals surface area (Å²) >= 11 is 0. The minimum Gasteiger partial charge on any atom is -0.546 e. The molecule has 0 unspecified atom stereocenters. The van der Waals surface area contributed by atoms with Crippen molar-refractivity contribution in [1.82, 2.24) is 4.98 Å². The minimum absolute atomic E-state index is 0. The molecule has 0 atom stereocenters. The topological polar surface area (TPSA) is 75.4 Å². The summed E-state index contributed by atoms with van der Waals surface area (Å²) in [6.45, 7) is -0.492. The van der Waals surface area contributed by atoms with Gasteiger partial charge in [-0.15, -0.1) is 0 Å². The first-order valence-electron chi connectivity index (χ1n) is 9.41. The predicted octanol–water partition coefficient (Wildman–Crippen LogP) is 1.31. The number of benzene rings is 3. The van der Waals surface area contributed by atoms with Crippen LogP contribution in [0.3, 0.4) is 0 Å². The van der Waals surface area contributed by atoms with Crippen molar-refractivity contribution in [2.24, 2.45) is 0 Å². The third-order valence-electron chi connectivity index (χ3n) is 4.36. The maximum atomic E-state index is 10.6. The summed E-state index contributed by atoms with van der Waals surface area (Å²) in [6.07, 6.45) is 3.61. The minimum atomic E-state index is -1.27. The number of oxazole rings is 1. The summed E-state index contributed by atoms with van der Waals surface area (Å²) in [6, 6.07) is 26.8. The molecule has 0 saturated heterocycles. The molecule has 4 rings (SSSR count). The fourth-order valence-corrected chi connectivity index (χ4v) is 3.00. The van der Waals surface area contributed by atoms with Gasteiger partial charge in [0.25, 0.3) is 0 Å². The molecule has 4 aromatic rings. The first-order valence-corrected chi connectivity index (χ1v) is 9.41.